The number of nitrogens with one attached hydrogen (secondary N) is 1. The smallest absolute Gasteiger partial charge is 0.335 e. The minimum Gasteiger partial charge on any atom is -0.478 e. The summed E-state index contributed by atoms with van der Waals surface area (Å²) in [5.41, 5.74) is -2.53. The maximum atomic E-state index is 13.4. The highest BCUT2D eigenvalue weighted by Gasteiger charge is 2.72. The zero-order chi connectivity index (χ0) is 14.4. The topological polar surface area (TPSA) is 66.4 Å². The second kappa shape index (κ2) is 3.97. The Hall–Kier alpha value is -2.05. The lowest BCUT2D eigenvalue weighted by molar-refractivity contribution is -0.123. The molecular weight excluding hydrogens is 263 g/mol. The molecule has 1 fully saturated rings. The number of hydrogen-bond donors (Lipinski definition) is 2. The van der Waals surface area contributed by atoms with Crippen molar-refractivity contribution in [2.75, 3.05) is 5.32 Å². The fourth-order valence-corrected chi connectivity index (χ4v) is 1.66. The van der Waals surface area contributed by atoms with Gasteiger partial charge in [-0.25, -0.2) is 18.0 Å². The maximum Gasteiger partial charge on any atom is 0.335 e. The van der Waals surface area contributed by atoms with Crippen molar-refractivity contribution >= 4 is 17.6 Å². The summed E-state index contributed by atoms with van der Waals surface area (Å²) in [7, 11) is 0. The summed E-state index contributed by atoms with van der Waals surface area (Å²) in [6.45, 7) is 1.07. The molecule has 0 heterocycles. The number of aromatic carboxylic acids is 1. The number of carboxylic acids is 1. The van der Waals surface area contributed by atoms with Crippen LogP contribution in [0.1, 0.15) is 23.7 Å². The van der Waals surface area contributed by atoms with E-state index in [-0.39, 0.29) is 5.56 Å². The standard InChI is InChI=1S/C12H10F3NO3/c1-11(5-12(11,14)15)10(19)16-8-4-6(9(17)18)2-3-7(8)13/h2-4H,5H2,1H3,(H,16,19)(H,17,18). The van der Waals surface area contributed by atoms with E-state index in [2.05, 4.69) is 0 Å². The molecule has 2 rings (SSSR count). The van der Waals surface area contributed by atoms with E-state index in [4.69, 9.17) is 5.11 Å². The third kappa shape index (κ3) is 2.16. The number of amides is 1. The minimum absolute atomic E-state index is 0.246. The van der Waals surface area contributed by atoms with Crippen LogP contribution in [0.3, 0.4) is 0 Å². The van der Waals surface area contributed by atoms with Crippen molar-refractivity contribution in [2.45, 2.75) is 19.3 Å². The normalized spacial score (nSPS) is 23.8. The number of benzene rings is 1. The molecule has 1 aromatic rings. The Bertz CT molecular complexity index is 573. The number of rotatable bonds is 3. The van der Waals surface area contributed by atoms with Crippen LogP contribution in [0.15, 0.2) is 18.2 Å². The van der Waals surface area contributed by atoms with Crippen LogP contribution in [-0.4, -0.2) is 22.9 Å². The molecule has 1 unspecified atom stereocenters. The zero-order valence-corrected chi connectivity index (χ0v) is 9.84. The number of carboxylic acid groups (broad SMARTS) is 1. The monoisotopic (exact) mass is 273 g/mol. The van der Waals surface area contributed by atoms with Gasteiger partial charge in [0.1, 0.15) is 11.2 Å². The molecular formula is C12H10F3NO3. The maximum absolute atomic E-state index is 13.4. The van der Waals surface area contributed by atoms with E-state index in [0.717, 1.165) is 25.1 Å². The van der Waals surface area contributed by atoms with E-state index in [0.29, 0.717) is 0 Å². The van der Waals surface area contributed by atoms with Gasteiger partial charge in [0, 0.05) is 6.42 Å². The third-order valence-electron chi connectivity index (χ3n) is 3.22. The summed E-state index contributed by atoms with van der Waals surface area (Å²) in [5, 5.41) is 10.7. The zero-order valence-electron chi connectivity index (χ0n) is 9.84. The van der Waals surface area contributed by atoms with Gasteiger partial charge >= 0.3 is 5.97 Å². The summed E-state index contributed by atoms with van der Waals surface area (Å²) in [6, 6.07) is 2.76. The molecule has 0 aromatic heterocycles. The molecule has 2 N–H and O–H groups in total. The molecule has 1 saturated carbocycles. The highest BCUT2D eigenvalue weighted by molar-refractivity contribution is 5.99. The van der Waals surface area contributed by atoms with Gasteiger partial charge in [0.15, 0.2) is 0 Å². The van der Waals surface area contributed by atoms with Crippen molar-refractivity contribution in [3.8, 4) is 0 Å². The van der Waals surface area contributed by atoms with E-state index in [9.17, 15) is 22.8 Å². The van der Waals surface area contributed by atoms with Crippen molar-refractivity contribution in [3.05, 3.63) is 29.6 Å². The van der Waals surface area contributed by atoms with Gasteiger partial charge in [-0.2, -0.15) is 0 Å². The molecule has 7 heteroatoms. The van der Waals surface area contributed by atoms with Crippen LogP contribution in [0.2, 0.25) is 0 Å². The van der Waals surface area contributed by atoms with Gasteiger partial charge < -0.3 is 10.4 Å². The number of hydrogen-bond acceptors (Lipinski definition) is 2. The van der Waals surface area contributed by atoms with Crippen molar-refractivity contribution in [1.29, 1.82) is 0 Å². The Balaban J connectivity index is 2.22. The van der Waals surface area contributed by atoms with Gasteiger partial charge in [-0.1, -0.05) is 0 Å². The first-order valence-corrected chi connectivity index (χ1v) is 5.39. The first-order chi connectivity index (χ1) is 8.67. The van der Waals surface area contributed by atoms with Crippen molar-refractivity contribution in [3.63, 3.8) is 0 Å². The summed E-state index contributed by atoms with van der Waals surface area (Å²) in [4.78, 5) is 22.3. The van der Waals surface area contributed by atoms with E-state index in [1.807, 2.05) is 5.32 Å². The molecule has 19 heavy (non-hydrogen) atoms. The van der Waals surface area contributed by atoms with Gasteiger partial charge in [0.2, 0.25) is 5.91 Å². The Kier molecular flexibility index (Phi) is 2.80. The Labute approximate surface area is 106 Å². The van der Waals surface area contributed by atoms with Crippen LogP contribution >= 0.6 is 0 Å². The Morgan fingerprint density at radius 3 is 2.42 bits per heavy atom. The fraction of sp³-hybridized carbons (Fsp3) is 0.333. The highest BCUT2D eigenvalue weighted by Crippen LogP contribution is 2.60. The summed E-state index contributed by atoms with van der Waals surface area (Å²) in [5.74, 6) is -6.33. The minimum atomic E-state index is -3.11. The average Bonchev–Trinajstić information content (AvgIpc) is 2.82. The molecule has 1 aromatic carbocycles. The predicted octanol–water partition coefficient (Wildman–Crippen LogP) is 2.51. The van der Waals surface area contributed by atoms with E-state index < -0.39 is 41.1 Å². The molecule has 0 bridgehead atoms. The van der Waals surface area contributed by atoms with Gasteiger partial charge in [-0.05, 0) is 25.1 Å². The first kappa shape index (κ1) is 13.4. The second-order valence-corrected chi connectivity index (χ2v) is 4.67. The Morgan fingerprint density at radius 2 is 1.95 bits per heavy atom. The lowest BCUT2D eigenvalue weighted by atomic mass is 10.1. The van der Waals surface area contributed by atoms with E-state index in [1.165, 1.54) is 0 Å². The van der Waals surface area contributed by atoms with E-state index in [1.54, 1.807) is 0 Å². The molecule has 102 valence electrons. The lowest BCUT2D eigenvalue weighted by Crippen LogP contribution is -2.27. The largest absolute Gasteiger partial charge is 0.478 e. The quantitative estimate of drug-likeness (QED) is 0.889. The predicted molar refractivity (Wildman–Crippen MR) is 59.7 cm³/mol. The third-order valence-corrected chi connectivity index (χ3v) is 3.22. The van der Waals surface area contributed by atoms with Crippen LogP contribution in [0, 0.1) is 11.2 Å². The molecule has 0 spiro atoms. The highest BCUT2D eigenvalue weighted by atomic mass is 19.3. The number of carbonyl (C=O) groups excluding carboxylic acids is 1. The summed E-state index contributed by atoms with van der Waals surface area (Å²) < 4.78 is 39.4. The molecule has 1 amide bonds. The Morgan fingerprint density at radius 1 is 1.37 bits per heavy atom. The lowest BCUT2D eigenvalue weighted by Gasteiger charge is -2.12. The van der Waals surface area contributed by atoms with Crippen LogP contribution in [0.4, 0.5) is 18.9 Å². The van der Waals surface area contributed by atoms with Gasteiger partial charge in [-0.3, -0.25) is 4.79 Å². The molecule has 0 radical (unpaired) electrons. The summed E-state index contributed by atoms with van der Waals surface area (Å²) >= 11 is 0. The SMILES string of the molecule is CC1(C(=O)Nc2cc(C(=O)O)ccc2F)CC1(F)F. The number of alkyl halides is 2. The van der Waals surface area contributed by atoms with Gasteiger partial charge in [-0.15, -0.1) is 0 Å². The van der Waals surface area contributed by atoms with Crippen LogP contribution < -0.4 is 5.32 Å². The van der Waals surface area contributed by atoms with Crippen LogP contribution in [-0.2, 0) is 4.79 Å². The van der Waals surface area contributed by atoms with Crippen molar-refractivity contribution in [2.24, 2.45) is 5.41 Å². The molecule has 0 aliphatic heterocycles. The molecule has 0 saturated heterocycles. The average molecular weight is 273 g/mol. The van der Waals surface area contributed by atoms with Crippen molar-refractivity contribution in [1.82, 2.24) is 0 Å². The fourth-order valence-electron chi connectivity index (χ4n) is 1.66. The van der Waals surface area contributed by atoms with Crippen LogP contribution in [0.5, 0.6) is 0 Å². The number of carbonyl (C=O) groups is 2. The number of halogens is 3. The summed E-state index contributed by atoms with van der Waals surface area (Å²) in [6.07, 6.45) is -0.605. The first-order valence-electron chi connectivity index (χ1n) is 5.39. The van der Waals surface area contributed by atoms with Crippen molar-refractivity contribution < 1.29 is 27.9 Å². The van der Waals surface area contributed by atoms with Gasteiger partial charge in [0.25, 0.3) is 5.92 Å². The molecule has 4 nitrogen and oxygen atoms in total. The molecule has 1 aliphatic carbocycles. The molecule has 1 atom stereocenters. The second-order valence-electron chi connectivity index (χ2n) is 4.67. The van der Waals surface area contributed by atoms with Gasteiger partial charge in [0.05, 0.1) is 11.3 Å². The molecule has 1 aliphatic rings. The van der Waals surface area contributed by atoms with E-state index >= 15 is 0 Å². The number of anilines is 1. The van der Waals surface area contributed by atoms with Crippen LogP contribution in [0.25, 0.3) is 0 Å².